The largest absolute Gasteiger partial charge is 0.236 e. The maximum absolute atomic E-state index is 9.94. The summed E-state index contributed by atoms with van der Waals surface area (Å²) in [6, 6.07) is 11.6. The van der Waals surface area contributed by atoms with E-state index in [1.807, 2.05) is 12.4 Å². The summed E-state index contributed by atoms with van der Waals surface area (Å²) in [5.74, 6) is 1.38. The van der Waals surface area contributed by atoms with E-state index in [0.717, 1.165) is 49.9 Å². The lowest BCUT2D eigenvalue weighted by molar-refractivity contribution is 0.223. The van der Waals surface area contributed by atoms with Gasteiger partial charge in [-0.25, -0.2) is 9.97 Å². The Balaban J connectivity index is 1.47. The summed E-state index contributed by atoms with van der Waals surface area (Å²) in [6.07, 6.45) is 22.1. The van der Waals surface area contributed by atoms with Gasteiger partial charge in [0.05, 0.1) is 11.5 Å². The van der Waals surface area contributed by atoms with Crippen molar-refractivity contribution in [2.75, 3.05) is 0 Å². The first-order valence-corrected chi connectivity index (χ1v) is 13.5. The average Bonchev–Trinajstić information content (AvgIpc) is 2.88. The summed E-state index contributed by atoms with van der Waals surface area (Å²) >= 11 is 0. The Labute approximate surface area is 202 Å². The Morgan fingerprint density at radius 1 is 0.848 bits per heavy atom. The first-order valence-electron chi connectivity index (χ1n) is 13.5. The Morgan fingerprint density at radius 2 is 1.45 bits per heavy atom. The molecule has 0 aliphatic heterocycles. The van der Waals surface area contributed by atoms with Crippen LogP contribution >= 0.6 is 0 Å². The SMILES string of the molecule is CCCCCCCCCC1(C#N)CCC(c2ccc(-c3ncc(CCCC)cn3)cc2)CC1. The standard InChI is InChI=1S/C30H43N3/c1-3-5-7-8-9-10-11-19-30(24-31)20-17-27(18-21-30)26-13-15-28(16-14-26)29-32-22-25(23-33-29)12-6-4-2/h13-16,22-23,27H,3-12,17-21H2,1-2H3. The predicted molar refractivity (Wildman–Crippen MR) is 138 cm³/mol. The molecule has 3 rings (SSSR count). The number of hydrogen-bond donors (Lipinski definition) is 0. The van der Waals surface area contributed by atoms with Crippen molar-refractivity contribution in [1.29, 1.82) is 5.26 Å². The molecule has 0 N–H and O–H groups in total. The monoisotopic (exact) mass is 445 g/mol. The van der Waals surface area contributed by atoms with Crippen LogP contribution in [-0.2, 0) is 6.42 Å². The van der Waals surface area contributed by atoms with Gasteiger partial charge in [0.25, 0.3) is 0 Å². The van der Waals surface area contributed by atoms with Crippen LogP contribution in [0.15, 0.2) is 36.7 Å². The lowest BCUT2D eigenvalue weighted by atomic mass is 9.67. The molecule has 1 heterocycles. The van der Waals surface area contributed by atoms with Crippen LogP contribution in [0.2, 0.25) is 0 Å². The minimum absolute atomic E-state index is 0.0762. The first-order chi connectivity index (χ1) is 16.2. The van der Waals surface area contributed by atoms with E-state index >= 15 is 0 Å². The maximum atomic E-state index is 9.94. The van der Waals surface area contributed by atoms with Gasteiger partial charge in [0.1, 0.15) is 0 Å². The van der Waals surface area contributed by atoms with Gasteiger partial charge in [-0.1, -0.05) is 89.5 Å². The molecule has 0 bridgehead atoms. The zero-order valence-corrected chi connectivity index (χ0v) is 21.0. The molecule has 1 aromatic heterocycles. The zero-order valence-electron chi connectivity index (χ0n) is 21.0. The number of rotatable bonds is 13. The third kappa shape index (κ3) is 7.66. The van der Waals surface area contributed by atoms with Gasteiger partial charge in [0, 0.05) is 18.0 Å². The van der Waals surface area contributed by atoms with Crippen LogP contribution in [0.4, 0.5) is 0 Å². The van der Waals surface area contributed by atoms with Crippen molar-refractivity contribution in [3.05, 3.63) is 47.8 Å². The molecule has 0 atom stereocenters. The summed E-state index contributed by atoms with van der Waals surface area (Å²) in [7, 11) is 0. The van der Waals surface area contributed by atoms with E-state index < -0.39 is 0 Å². The molecule has 1 fully saturated rings. The number of nitrogens with zero attached hydrogens (tertiary/aromatic N) is 3. The highest BCUT2D eigenvalue weighted by molar-refractivity contribution is 5.55. The number of unbranched alkanes of at least 4 members (excludes halogenated alkanes) is 7. The molecule has 2 aromatic rings. The molecule has 1 aliphatic rings. The highest BCUT2D eigenvalue weighted by Crippen LogP contribution is 2.45. The Morgan fingerprint density at radius 3 is 2.06 bits per heavy atom. The van der Waals surface area contributed by atoms with Crippen molar-refractivity contribution in [2.24, 2.45) is 5.41 Å². The molecule has 0 amide bonds. The van der Waals surface area contributed by atoms with E-state index in [1.54, 1.807) is 0 Å². The van der Waals surface area contributed by atoms with Gasteiger partial charge in [-0.05, 0) is 62.0 Å². The van der Waals surface area contributed by atoms with Crippen LogP contribution in [-0.4, -0.2) is 9.97 Å². The van der Waals surface area contributed by atoms with E-state index in [0.29, 0.717) is 5.92 Å². The fourth-order valence-corrected chi connectivity index (χ4v) is 5.26. The quantitative estimate of drug-likeness (QED) is 0.289. The molecule has 1 aromatic carbocycles. The molecule has 178 valence electrons. The number of nitriles is 1. The molecule has 0 saturated heterocycles. The second-order valence-electron chi connectivity index (χ2n) is 10.2. The van der Waals surface area contributed by atoms with E-state index in [-0.39, 0.29) is 5.41 Å². The minimum Gasteiger partial charge on any atom is -0.236 e. The van der Waals surface area contributed by atoms with Crippen molar-refractivity contribution >= 4 is 0 Å². The predicted octanol–water partition coefficient (Wildman–Crippen LogP) is 8.79. The van der Waals surface area contributed by atoms with Gasteiger partial charge >= 0.3 is 0 Å². The number of aromatic nitrogens is 2. The molecular weight excluding hydrogens is 402 g/mol. The summed E-state index contributed by atoms with van der Waals surface area (Å²) in [6.45, 7) is 4.47. The van der Waals surface area contributed by atoms with E-state index in [2.05, 4.69) is 54.2 Å². The highest BCUT2D eigenvalue weighted by atomic mass is 14.9. The molecule has 1 aliphatic carbocycles. The van der Waals surface area contributed by atoms with Crippen molar-refractivity contribution in [3.63, 3.8) is 0 Å². The second kappa shape index (κ2) is 13.5. The third-order valence-electron chi connectivity index (χ3n) is 7.60. The molecular formula is C30H43N3. The summed E-state index contributed by atoms with van der Waals surface area (Å²) in [5.41, 5.74) is 3.63. The fraction of sp³-hybridized carbons (Fsp3) is 0.633. The Hall–Kier alpha value is -2.21. The van der Waals surface area contributed by atoms with Crippen molar-refractivity contribution in [3.8, 4) is 17.5 Å². The van der Waals surface area contributed by atoms with Crippen molar-refractivity contribution in [1.82, 2.24) is 9.97 Å². The topological polar surface area (TPSA) is 49.6 Å². The van der Waals surface area contributed by atoms with Gasteiger partial charge in [-0.3, -0.25) is 0 Å². The molecule has 1 saturated carbocycles. The van der Waals surface area contributed by atoms with Crippen LogP contribution in [0.5, 0.6) is 0 Å². The molecule has 33 heavy (non-hydrogen) atoms. The third-order valence-corrected chi connectivity index (χ3v) is 7.60. The smallest absolute Gasteiger partial charge is 0.159 e. The van der Waals surface area contributed by atoms with Gasteiger partial charge in [-0.15, -0.1) is 0 Å². The summed E-state index contributed by atoms with van der Waals surface area (Å²) in [5, 5.41) is 9.94. The van der Waals surface area contributed by atoms with Gasteiger partial charge in [0.2, 0.25) is 0 Å². The molecule has 3 nitrogen and oxygen atoms in total. The maximum Gasteiger partial charge on any atom is 0.159 e. The summed E-state index contributed by atoms with van der Waals surface area (Å²) in [4.78, 5) is 9.17. The zero-order chi connectivity index (χ0) is 23.4. The lowest BCUT2D eigenvalue weighted by Crippen LogP contribution is -2.25. The van der Waals surface area contributed by atoms with Gasteiger partial charge in [0.15, 0.2) is 5.82 Å². The molecule has 0 spiro atoms. The number of hydrogen-bond acceptors (Lipinski definition) is 3. The first kappa shape index (κ1) is 25.4. The van der Waals surface area contributed by atoms with Crippen LogP contribution in [0, 0.1) is 16.7 Å². The summed E-state index contributed by atoms with van der Waals surface area (Å²) < 4.78 is 0. The number of benzene rings is 1. The molecule has 0 radical (unpaired) electrons. The van der Waals surface area contributed by atoms with Crippen LogP contribution in [0.1, 0.15) is 121 Å². The van der Waals surface area contributed by atoms with Crippen LogP contribution in [0.3, 0.4) is 0 Å². The normalized spacial score (nSPS) is 20.5. The van der Waals surface area contributed by atoms with E-state index in [1.165, 1.54) is 68.9 Å². The fourth-order valence-electron chi connectivity index (χ4n) is 5.26. The average molecular weight is 446 g/mol. The van der Waals surface area contributed by atoms with Gasteiger partial charge in [-0.2, -0.15) is 5.26 Å². The molecule has 3 heteroatoms. The van der Waals surface area contributed by atoms with E-state index in [4.69, 9.17) is 0 Å². The van der Waals surface area contributed by atoms with Crippen LogP contribution < -0.4 is 0 Å². The lowest BCUT2D eigenvalue weighted by Gasteiger charge is -2.35. The van der Waals surface area contributed by atoms with Crippen molar-refractivity contribution in [2.45, 2.75) is 116 Å². The number of aryl methyl sites for hydroxylation is 1. The Kier molecular flexibility index (Phi) is 10.4. The molecule has 0 unspecified atom stereocenters. The van der Waals surface area contributed by atoms with Crippen molar-refractivity contribution < 1.29 is 0 Å². The van der Waals surface area contributed by atoms with Crippen LogP contribution in [0.25, 0.3) is 11.4 Å². The van der Waals surface area contributed by atoms with Gasteiger partial charge < -0.3 is 0 Å². The Bertz CT molecular complexity index is 840. The van der Waals surface area contributed by atoms with E-state index in [9.17, 15) is 5.26 Å². The second-order valence-corrected chi connectivity index (χ2v) is 10.2. The minimum atomic E-state index is -0.0762. The highest BCUT2D eigenvalue weighted by Gasteiger charge is 2.35.